The first-order valence-electron chi connectivity index (χ1n) is 4.73. The normalized spacial score (nSPS) is 14.5. The molecule has 0 aromatic rings. The van der Waals surface area contributed by atoms with Crippen LogP contribution >= 0.6 is 0 Å². The van der Waals surface area contributed by atoms with Crippen LogP contribution in [0.1, 0.15) is 20.8 Å². The molecule has 0 aliphatic carbocycles. The van der Waals surface area contributed by atoms with Gasteiger partial charge in [-0.3, -0.25) is 4.79 Å². The lowest BCUT2D eigenvalue weighted by Crippen LogP contribution is -2.34. The third-order valence-corrected chi connectivity index (χ3v) is 1.52. The molecule has 1 amide bonds. The van der Waals surface area contributed by atoms with Crippen LogP contribution in [0.3, 0.4) is 0 Å². The zero-order valence-electron chi connectivity index (χ0n) is 9.39. The monoisotopic (exact) mass is 211 g/mol. The largest absolute Gasteiger partial charge is 0.506 e. The van der Waals surface area contributed by atoms with Crippen molar-refractivity contribution in [3.63, 3.8) is 0 Å². The summed E-state index contributed by atoms with van der Waals surface area (Å²) in [4.78, 5) is 10.9. The first-order valence-corrected chi connectivity index (χ1v) is 4.73. The van der Waals surface area contributed by atoms with Crippen LogP contribution in [0, 0.1) is 0 Å². The lowest BCUT2D eigenvalue weighted by atomic mass is 10.2. The molecule has 2 N–H and O–H groups in total. The van der Waals surface area contributed by atoms with Crippen molar-refractivity contribution in [1.82, 2.24) is 5.32 Å². The van der Waals surface area contributed by atoms with Gasteiger partial charge in [-0.2, -0.15) is 0 Å². The van der Waals surface area contributed by atoms with Crippen LogP contribution < -0.4 is 5.32 Å². The number of carbonyl (C=O) groups excluding carboxylic acids is 1. The number of nitrogens with one attached hydrogen (secondary N) is 1. The van der Waals surface area contributed by atoms with Crippen molar-refractivity contribution in [2.45, 2.75) is 20.8 Å². The fraction of sp³-hybridized carbons (Fsp3) is 0.364. The van der Waals surface area contributed by atoms with Crippen LogP contribution in [-0.2, 0) is 9.53 Å². The Morgan fingerprint density at radius 1 is 1.47 bits per heavy atom. The number of ether oxygens (including phenoxy) is 1. The number of aliphatic hydroxyl groups is 1. The molecule has 1 aliphatic rings. The molecule has 1 heterocycles. The van der Waals surface area contributed by atoms with E-state index >= 15 is 0 Å². The molecule has 0 unspecified atom stereocenters. The van der Waals surface area contributed by atoms with Gasteiger partial charge in [-0.25, -0.2) is 0 Å². The van der Waals surface area contributed by atoms with E-state index in [-0.39, 0.29) is 24.0 Å². The van der Waals surface area contributed by atoms with E-state index in [9.17, 15) is 4.79 Å². The zero-order valence-corrected chi connectivity index (χ0v) is 9.39. The highest BCUT2D eigenvalue weighted by Crippen LogP contribution is 2.19. The minimum absolute atomic E-state index is 0.0566. The average molecular weight is 211 g/mol. The second kappa shape index (κ2) is 5.90. The summed E-state index contributed by atoms with van der Waals surface area (Å²) in [5.41, 5.74) is 0.828. The summed E-state index contributed by atoms with van der Waals surface area (Å²) in [5, 5.41) is 11.6. The van der Waals surface area contributed by atoms with E-state index in [4.69, 9.17) is 9.84 Å². The van der Waals surface area contributed by atoms with E-state index in [0.29, 0.717) is 11.3 Å². The molecule has 0 fully saturated rings. The number of hydrogen-bond acceptors (Lipinski definition) is 3. The molecule has 0 radical (unpaired) electrons. The van der Waals surface area contributed by atoms with Gasteiger partial charge in [0.2, 0.25) is 0 Å². The van der Waals surface area contributed by atoms with Crippen molar-refractivity contribution >= 4 is 5.91 Å². The maximum atomic E-state index is 10.9. The highest BCUT2D eigenvalue weighted by molar-refractivity contribution is 5.81. The summed E-state index contributed by atoms with van der Waals surface area (Å²) >= 11 is 0. The van der Waals surface area contributed by atoms with E-state index in [2.05, 4.69) is 18.5 Å². The van der Waals surface area contributed by atoms with Gasteiger partial charge >= 0.3 is 0 Å². The van der Waals surface area contributed by atoms with Gasteiger partial charge in [0.05, 0.1) is 0 Å². The fourth-order valence-electron chi connectivity index (χ4n) is 0.982. The van der Waals surface area contributed by atoms with Gasteiger partial charge in [-0.15, -0.1) is 0 Å². The minimum atomic E-state index is -0.310. The Labute approximate surface area is 89.9 Å². The van der Waals surface area contributed by atoms with Crippen molar-refractivity contribution in [1.29, 1.82) is 0 Å². The first-order chi connectivity index (χ1) is 7.02. The third-order valence-electron chi connectivity index (χ3n) is 1.52. The van der Waals surface area contributed by atoms with Crippen LogP contribution in [-0.4, -0.2) is 17.6 Å². The van der Waals surface area contributed by atoms with E-state index in [1.807, 2.05) is 13.8 Å². The van der Waals surface area contributed by atoms with Gasteiger partial charge in [0, 0.05) is 0 Å². The third kappa shape index (κ3) is 3.50. The molecule has 15 heavy (non-hydrogen) atoms. The second-order valence-corrected chi connectivity index (χ2v) is 2.77. The smallest absolute Gasteiger partial charge is 0.262 e. The Kier molecular flexibility index (Phi) is 5.23. The van der Waals surface area contributed by atoms with Crippen molar-refractivity contribution in [2.24, 2.45) is 0 Å². The van der Waals surface area contributed by atoms with Crippen LogP contribution in [0.15, 0.2) is 35.9 Å². The van der Waals surface area contributed by atoms with E-state index < -0.39 is 0 Å². The molecule has 1 rings (SSSR count). The Morgan fingerprint density at radius 2 is 2.00 bits per heavy atom. The maximum absolute atomic E-state index is 10.9. The fourth-order valence-corrected chi connectivity index (χ4v) is 0.982. The van der Waals surface area contributed by atoms with Gasteiger partial charge in [0.25, 0.3) is 5.91 Å². The Bertz CT molecular complexity index is 316. The predicted octanol–water partition coefficient (Wildman–Crippen LogP) is 2.02. The Hall–Kier alpha value is -1.71. The van der Waals surface area contributed by atoms with Crippen molar-refractivity contribution < 1.29 is 14.6 Å². The molecule has 0 atom stereocenters. The van der Waals surface area contributed by atoms with Gasteiger partial charge in [-0.1, -0.05) is 27.0 Å². The zero-order chi connectivity index (χ0) is 12.0. The number of carbonyl (C=O) groups is 1. The van der Waals surface area contributed by atoms with Crippen LogP contribution in [0.25, 0.3) is 0 Å². The quantitative estimate of drug-likeness (QED) is 0.687. The van der Waals surface area contributed by atoms with Crippen LogP contribution in [0.2, 0.25) is 0 Å². The van der Waals surface area contributed by atoms with Gasteiger partial charge in [0.1, 0.15) is 17.2 Å². The highest BCUT2D eigenvalue weighted by atomic mass is 16.5. The summed E-state index contributed by atoms with van der Waals surface area (Å²) in [6.45, 7) is 12.6. The minimum Gasteiger partial charge on any atom is -0.506 e. The summed E-state index contributed by atoms with van der Waals surface area (Å²) in [5.74, 6) is -0.159. The summed E-state index contributed by atoms with van der Waals surface area (Å²) in [7, 11) is 0. The lowest BCUT2D eigenvalue weighted by molar-refractivity contribution is -0.125. The molecule has 0 aromatic heterocycles. The molecule has 0 saturated heterocycles. The van der Waals surface area contributed by atoms with E-state index in [1.54, 1.807) is 6.92 Å². The van der Waals surface area contributed by atoms with Crippen LogP contribution in [0.5, 0.6) is 0 Å². The van der Waals surface area contributed by atoms with Crippen molar-refractivity contribution in [2.75, 3.05) is 6.61 Å². The predicted molar refractivity (Wildman–Crippen MR) is 59.1 cm³/mol. The maximum Gasteiger partial charge on any atom is 0.262 e. The summed E-state index contributed by atoms with van der Waals surface area (Å²) in [6.07, 6.45) is 0. The van der Waals surface area contributed by atoms with Gasteiger partial charge in [0.15, 0.2) is 6.61 Å². The molecule has 0 saturated carbocycles. The SMILES string of the molecule is C=C(C)C1=C(C(=C)O)NC(=O)CO1.CC. The van der Waals surface area contributed by atoms with E-state index in [0.717, 1.165) is 0 Å². The van der Waals surface area contributed by atoms with Gasteiger partial charge < -0.3 is 15.2 Å². The number of hydrogen-bond donors (Lipinski definition) is 2. The van der Waals surface area contributed by atoms with Crippen molar-refractivity contribution in [3.05, 3.63) is 35.9 Å². The van der Waals surface area contributed by atoms with Crippen molar-refractivity contribution in [3.8, 4) is 0 Å². The number of rotatable bonds is 2. The van der Waals surface area contributed by atoms with Crippen LogP contribution in [0.4, 0.5) is 0 Å². The average Bonchev–Trinajstić information content (AvgIpc) is 2.20. The summed E-state index contributed by atoms with van der Waals surface area (Å²) < 4.78 is 5.07. The molecule has 0 aromatic carbocycles. The van der Waals surface area contributed by atoms with Gasteiger partial charge in [-0.05, 0) is 12.5 Å². The Morgan fingerprint density at radius 3 is 2.40 bits per heavy atom. The second-order valence-electron chi connectivity index (χ2n) is 2.77. The molecular weight excluding hydrogens is 194 g/mol. The standard InChI is InChI=1S/C9H11NO3.C2H6/c1-5(2)9-8(6(3)11)10-7(12)4-13-9;1-2/h11H,1,3-4H2,2H3,(H,10,12);1-2H3. The molecule has 84 valence electrons. The lowest BCUT2D eigenvalue weighted by Gasteiger charge is -2.20. The molecule has 4 heteroatoms. The summed E-state index contributed by atoms with van der Waals surface area (Å²) in [6, 6.07) is 0. The molecular formula is C11H17NO3. The molecule has 4 nitrogen and oxygen atoms in total. The van der Waals surface area contributed by atoms with E-state index in [1.165, 1.54) is 0 Å². The molecule has 1 aliphatic heterocycles. The number of amides is 1. The first kappa shape index (κ1) is 13.3. The highest BCUT2D eigenvalue weighted by Gasteiger charge is 2.21. The molecule has 0 spiro atoms. The Balaban J connectivity index is 0.000000921. The topological polar surface area (TPSA) is 58.6 Å². The number of allylic oxidation sites excluding steroid dienone is 1. The molecule has 0 bridgehead atoms. The number of aliphatic hydroxyl groups excluding tert-OH is 1.